The van der Waals surface area contributed by atoms with E-state index in [1.807, 2.05) is 19.2 Å². The van der Waals surface area contributed by atoms with Crippen molar-refractivity contribution in [2.24, 2.45) is 5.41 Å². The minimum absolute atomic E-state index is 0.156. The molecule has 1 rings (SSSR count). The van der Waals surface area contributed by atoms with Crippen molar-refractivity contribution in [2.75, 3.05) is 21.1 Å². The van der Waals surface area contributed by atoms with Crippen LogP contribution in [0.2, 0.25) is 0 Å². The Morgan fingerprint density at radius 2 is 1.65 bits per heavy atom. The summed E-state index contributed by atoms with van der Waals surface area (Å²) in [5, 5.41) is 3.33. The number of nitrogens with zero attached hydrogens (tertiary/aromatic N) is 1. The lowest BCUT2D eigenvalue weighted by Gasteiger charge is -2.30. The fourth-order valence-electron chi connectivity index (χ4n) is 2.09. The third-order valence-corrected chi connectivity index (χ3v) is 5.36. The van der Waals surface area contributed by atoms with Crippen LogP contribution in [0.1, 0.15) is 26.3 Å². The Balaban J connectivity index is 2.93. The van der Waals surface area contributed by atoms with Gasteiger partial charge in [-0.1, -0.05) is 32.9 Å². The van der Waals surface area contributed by atoms with E-state index in [9.17, 15) is 8.42 Å². The molecule has 0 heterocycles. The van der Waals surface area contributed by atoms with E-state index in [4.69, 9.17) is 0 Å². The quantitative estimate of drug-likeness (QED) is 0.906. The molecule has 0 bridgehead atoms. The summed E-state index contributed by atoms with van der Waals surface area (Å²) in [6, 6.07) is 7.50. The van der Waals surface area contributed by atoms with Crippen molar-refractivity contribution in [2.45, 2.75) is 38.1 Å². The topological polar surface area (TPSA) is 49.4 Å². The van der Waals surface area contributed by atoms with Gasteiger partial charge in [0.1, 0.15) is 0 Å². The molecule has 0 spiro atoms. The maximum atomic E-state index is 12.0. The summed E-state index contributed by atoms with van der Waals surface area (Å²) in [6.45, 7) is 6.58. The summed E-state index contributed by atoms with van der Waals surface area (Å²) in [5.74, 6) is 0. The molecule has 0 radical (unpaired) electrons. The second-order valence-electron chi connectivity index (χ2n) is 6.34. The average molecular weight is 298 g/mol. The van der Waals surface area contributed by atoms with Gasteiger partial charge in [-0.05, 0) is 36.6 Å². The molecular weight excluding hydrogens is 272 g/mol. The Hall–Kier alpha value is -0.910. The van der Waals surface area contributed by atoms with E-state index in [2.05, 4.69) is 26.1 Å². The molecule has 0 saturated heterocycles. The van der Waals surface area contributed by atoms with Crippen molar-refractivity contribution in [1.29, 1.82) is 0 Å². The molecule has 114 valence electrons. The number of hydrogen-bond acceptors (Lipinski definition) is 3. The van der Waals surface area contributed by atoms with Crippen molar-refractivity contribution in [3.63, 3.8) is 0 Å². The van der Waals surface area contributed by atoms with Gasteiger partial charge in [0, 0.05) is 20.1 Å². The van der Waals surface area contributed by atoms with Crippen LogP contribution in [0.15, 0.2) is 29.2 Å². The highest BCUT2D eigenvalue weighted by atomic mass is 32.2. The fourth-order valence-corrected chi connectivity index (χ4v) is 2.99. The molecule has 0 fully saturated rings. The molecule has 1 N–H and O–H groups in total. The molecule has 1 aromatic carbocycles. The lowest BCUT2D eigenvalue weighted by molar-refractivity contribution is 0.280. The van der Waals surface area contributed by atoms with E-state index in [1.54, 1.807) is 26.2 Å². The first-order valence-electron chi connectivity index (χ1n) is 6.77. The molecule has 0 saturated carbocycles. The minimum Gasteiger partial charge on any atom is -0.316 e. The molecule has 5 heteroatoms. The highest BCUT2D eigenvalue weighted by Crippen LogP contribution is 2.23. The molecule has 0 aromatic heterocycles. The van der Waals surface area contributed by atoms with Crippen LogP contribution in [0.25, 0.3) is 0 Å². The number of rotatable bonds is 5. The Labute approximate surface area is 123 Å². The normalized spacial score (nSPS) is 14.6. The maximum Gasteiger partial charge on any atom is 0.242 e. The molecular formula is C15H26N2O2S. The molecule has 1 unspecified atom stereocenters. The van der Waals surface area contributed by atoms with Gasteiger partial charge >= 0.3 is 0 Å². The number of benzene rings is 1. The second-order valence-corrected chi connectivity index (χ2v) is 8.49. The first kappa shape index (κ1) is 17.1. The van der Waals surface area contributed by atoms with Crippen LogP contribution in [0.4, 0.5) is 0 Å². The van der Waals surface area contributed by atoms with E-state index in [-0.39, 0.29) is 5.41 Å². The second kappa shape index (κ2) is 6.24. The average Bonchev–Trinajstić information content (AvgIpc) is 2.34. The fraction of sp³-hybridized carbons (Fsp3) is 0.600. The molecule has 1 aromatic rings. The zero-order valence-corrected chi connectivity index (χ0v) is 14.1. The smallest absolute Gasteiger partial charge is 0.242 e. The lowest BCUT2D eigenvalue weighted by atomic mass is 9.83. The van der Waals surface area contributed by atoms with Gasteiger partial charge in [0.15, 0.2) is 0 Å². The predicted molar refractivity (Wildman–Crippen MR) is 83.3 cm³/mol. The number of likely N-dealkylation sites (N-methyl/N-ethyl adjacent to an activating group) is 1. The van der Waals surface area contributed by atoms with Gasteiger partial charge in [0.2, 0.25) is 10.0 Å². The van der Waals surface area contributed by atoms with Gasteiger partial charge < -0.3 is 5.32 Å². The van der Waals surface area contributed by atoms with E-state index >= 15 is 0 Å². The van der Waals surface area contributed by atoms with Gasteiger partial charge in [-0.3, -0.25) is 0 Å². The Bertz CT molecular complexity index is 528. The van der Waals surface area contributed by atoms with Crippen LogP contribution in [-0.4, -0.2) is 39.9 Å². The van der Waals surface area contributed by atoms with Crippen molar-refractivity contribution >= 4 is 10.0 Å². The van der Waals surface area contributed by atoms with E-state index in [0.29, 0.717) is 10.9 Å². The van der Waals surface area contributed by atoms with Gasteiger partial charge in [-0.15, -0.1) is 0 Å². The highest BCUT2D eigenvalue weighted by molar-refractivity contribution is 7.89. The van der Waals surface area contributed by atoms with Crippen molar-refractivity contribution in [1.82, 2.24) is 9.62 Å². The molecule has 0 amide bonds. The van der Waals surface area contributed by atoms with Crippen molar-refractivity contribution in [3.8, 4) is 0 Å². The van der Waals surface area contributed by atoms with Gasteiger partial charge in [-0.2, -0.15) is 0 Å². The van der Waals surface area contributed by atoms with Crippen molar-refractivity contribution < 1.29 is 8.42 Å². The summed E-state index contributed by atoms with van der Waals surface area (Å²) in [6.07, 6.45) is 0.877. The number of hydrogen-bond donors (Lipinski definition) is 1. The monoisotopic (exact) mass is 298 g/mol. The SMILES string of the molecule is CNC(Cc1ccc(S(=O)(=O)N(C)C)cc1)C(C)(C)C. The maximum absolute atomic E-state index is 12.0. The van der Waals surface area contributed by atoms with Crippen LogP contribution >= 0.6 is 0 Å². The first-order valence-corrected chi connectivity index (χ1v) is 8.22. The standard InChI is InChI=1S/C15H26N2O2S/c1-15(2,3)14(16-4)11-12-7-9-13(10-8-12)20(18,19)17(5)6/h7-10,14,16H,11H2,1-6H3. The summed E-state index contributed by atoms with van der Waals surface area (Å²) in [4.78, 5) is 0.336. The van der Waals surface area contributed by atoms with E-state index in [0.717, 1.165) is 12.0 Å². The Morgan fingerprint density at radius 3 is 2.00 bits per heavy atom. The van der Waals surface area contributed by atoms with E-state index < -0.39 is 10.0 Å². The zero-order chi connectivity index (χ0) is 15.6. The summed E-state index contributed by atoms with van der Waals surface area (Å²) in [7, 11) is 1.70. The van der Waals surface area contributed by atoms with Crippen LogP contribution in [0, 0.1) is 5.41 Å². The molecule has 4 nitrogen and oxygen atoms in total. The summed E-state index contributed by atoms with van der Waals surface area (Å²) in [5.41, 5.74) is 1.29. The zero-order valence-electron chi connectivity index (χ0n) is 13.3. The number of nitrogens with one attached hydrogen (secondary N) is 1. The first-order chi connectivity index (χ1) is 9.09. The molecule has 0 aliphatic carbocycles. The minimum atomic E-state index is -3.34. The van der Waals surface area contributed by atoms with Crippen LogP contribution in [0.3, 0.4) is 0 Å². The van der Waals surface area contributed by atoms with Crippen LogP contribution in [0.5, 0.6) is 0 Å². The third kappa shape index (κ3) is 4.04. The lowest BCUT2D eigenvalue weighted by Crippen LogP contribution is -2.39. The highest BCUT2D eigenvalue weighted by Gasteiger charge is 2.23. The van der Waals surface area contributed by atoms with Gasteiger partial charge in [0.25, 0.3) is 0 Å². The van der Waals surface area contributed by atoms with Crippen molar-refractivity contribution in [3.05, 3.63) is 29.8 Å². The summed E-state index contributed by atoms with van der Waals surface area (Å²) >= 11 is 0. The van der Waals surface area contributed by atoms with Gasteiger partial charge in [0.05, 0.1) is 4.90 Å². The number of sulfonamides is 1. The molecule has 1 atom stereocenters. The molecule has 20 heavy (non-hydrogen) atoms. The third-order valence-electron chi connectivity index (χ3n) is 3.54. The van der Waals surface area contributed by atoms with Gasteiger partial charge in [-0.25, -0.2) is 12.7 Å². The molecule has 0 aliphatic rings. The van der Waals surface area contributed by atoms with E-state index in [1.165, 1.54) is 4.31 Å². The van der Waals surface area contributed by atoms with Crippen LogP contribution in [-0.2, 0) is 16.4 Å². The Kier molecular flexibility index (Phi) is 5.35. The largest absolute Gasteiger partial charge is 0.316 e. The summed E-state index contributed by atoms with van der Waals surface area (Å²) < 4.78 is 25.2. The Morgan fingerprint density at radius 1 is 1.15 bits per heavy atom. The predicted octanol–water partition coefficient (Wildman–Crippen LogP) is 2.11. The molecule has 0 aliphatic heterocycles. The van der Waals surface area contributed by atoms with Crippen LogP contribution < -0.4 is 5.32 Å².